The van der Waals surface area contributed by atoms with E-state index in [1.165, 1.54) is 4.90 Å². The third kappa shape index (κ3) is 3.13. The van der Waals surface area contributed by atoms with Crippen molar-refractivity contribution in [3.63, 3.8) is 0 Å². The van der Waals surface area contributed by atoms with Crippen LogP contribution in [0, 0.1) is 6.92 Å². The molecule has 1 atom stereocenters. The van der Waals surface area contributed by atoms with Gasteiger partial charge >= 0.3 is 0 Å². The lowest BCUT2D eigenvalue weighted by molar-refractivity contribution is -0.118. The van der Waals surface area contributed by atoms with Gasteiger partial charge in [0.15, 0.2) is 0 Å². The number of aryl methyl sites for hydroxylation is 1. The van der Waals surface area contributed by atoms with Crippen molar-refractivity contribution in [2.75, 3.05) is 10.9 Å². The Kier molecular flexibility index (Phi) is 5.10. The van der Waals surface area contributed by atoms with Crippen LogP contribution in [0.3, 0.4) is 0 Å². The molecule has 16 heavy (non-hydrogen) atoms. The largest absolute Gasteiger partial charge is 0.297 e. The summed E-state index contributed by atoms with van der Waals surface area (Å²) in [5, 5.41) is -0.514. The maximum absolute atomic E-state index is 11.9. The highest BCUT2D eigenvalue weighted by Crippen LogP contribution is 2.19. The van der Waals surface area contributed by atoms with Crippen molar-refractivity contribution in [1.82, 2.24) is 0 Å². The first-order chi connectivity index (χ1) is 7.60. The van der Waals surface area contributed by atoms with E-state index in [4.69, 9.17) is 23.2 Å². The molecule has 0 spiro atoms. The first kappa shape index (κ1) is 13.3. The van der Waals surface area contributed by atoms with Gasteiger partial charge in [0.1, 0.15) is 11.4 Å². The third-order valence-electron chi connectivity index (χ3n) is 2.36. The molecule has 0 saturated heterocycles. The van der Waals surface area contributed by atoms with E-state index in [0.29, 0.717) is 6.42 Å². The van der Waals surface area contributed by atoms with Crippen LogP contribution < -0.4 is 4.90 Å². The summed E-state index contributed by atoms with van der Waals surface area (Å²) in [7, 11) is 0. The minimum Gasteiger partial charge on any atom is -0.297 e. The third-order valence-corrected chi connectivity index (χ3v) is 3.09. The summed E-state index contributed by atoms with van der Waals surface area (Å²) < 4.78 is 0. The van der Waals surface area contributed by atoms with Crippen LogP contribution in [0.2, 0.25) is 0 Å². The molecule has 0 aliphatic rings. The van der Waals surface area contributed by atoms with Crippen molar-refractivity contribution >= 4 is 34.8 Å². The Morgan fingerprint density at radius 3 is 2.38 bits per heavy atom. The zero-order chi connectivity index (χ0) is 12.1. The molecule has 4 heteroatoms. The fourth-order valence-electron chi connectivity index (χ4n) is 1.32. The molecule has 0 aromatic heterocycles. The molecule has 0 radical (unpaired) electrons. The lowest BCUT2D eigenvalue weighted by atomic mass is 10.2. The molecule has 88 valence electrons. The second-order valence-corrected chi connectivity index (χ2v) is 4.36. The summed E-state index contributed by atoms with van der Waals surface area (Å²) in [6.07, 6.45) is 0.597. The molecule has 1 aromatic carbocycles. The number of alkyl halides is 2. The van der Waals surface area contributed by atoms with E-state index in [1.54, 1.807) is 0 Å². The molecule has 1 rings (SSSR count). The Hall–Kier alpha value is -0.730. The number of benzene rings is 1. The Bertz CT molecular complexity index is 351. The van der Waals surface area contributed by atoms with Crippen LogP contribution in [0.25, 0.3) is 0 Å². The maximum Gasteiger partial charge on any atom is 0.246 e. The first-order valence-electron chi connectivity index (χ1n) is 5.18. The molecule has 1 unspecified atom stereocenters. The van der Waals surface area contributed by atoms with Crippen LogP contribution in [0.4, 0.5) is 5.69 Å². The Balaban J connectivity index is 2.90. The molecule has 0 heterocycles. The standard InChI is InChI=1S/C12H15Cl2NO/c1-3-11(14)12(16)15(8-13)10-6-4-9(2)5-7-10/h4-7,11H,3,8H2,1-2H3. The van der Waals surface area contributed by atoms with Crippen LogP contribution in [-0.2, 0) is 4.79 Å². The minimum absolute atomic E-state index is 0.116. The summed E-state index contributed by atoms with van der Waals surface area (Å²) in [6.45, 7) is 3.87. The number of rotatable bonds is 4. The van der Waals surface area contributed by atoms with Crippen LogP contribution in [0.5, 0.6) is 0 Å². The van der Waals surface area contributed by atoms with Crippen LogP contribution in [0.1, 0.15) is 18.9 Å². The number of carbonyl (C=O) groups excluding carboxylic acids is 1. The van der Waals surface area contributed by atoms with Crippen LogP contribution >= 0.6 is 23.2 Å². The molecule has 2 nitrogen and oxygen atoms in total. The van der Waals surface area contributed by atoms with Crippen molar-refractivity contribution < 1.29 is 4.79 Å². The number of carbonyl (C=O) groups is 1. The second kappa shape index (κ2) is 6.12. The molecule has 0 saturated carbocycles. The highest BCUT2D eigenvalue weighted by molar-refractivity contribution is 6.34. The monoisotopic (exact) mass is 259 g/mol. The molecule has 0 aliphatic carbocycles. The minimum atomic E-state index is -0.514. The van der Waals surface area contributed by atoms with Crippen LogP contribution in [-0.4, -0.2) is 17.3 Å². The predicted octanol–water partition coefficient (Wildman–Crippen LogP) is 3.54. The quantitative estimate of drug-likeness (QED) is 0.599. The van der Waals surface area contributed by atoms with Gasteiger partial charge in [0.05, 0.1) is 0 Å². The summed E-state index contributed by atoms with van der Waals surface area (Å²) in [4.78, 5) is 13.4. The number of hydrogen-bond acceptors (Lipinski definition) is 1. The highest BCUT2D eigenvalue weighted by atomic mass is 35.5. The summed E-state index contributed by atoms with van der Waals surface area (Å²) in [6, 6.07) is 7.74. The van der Waals surface area contributed by atoms with E-state index in [9.17, 15) is 4.79 Å². The van der Waals surface area contributed by atoms with Crippen molar-refractivity contribution in [2.24, 2.45) is 0 Å². The Morgan fingerprint density at radius 1 is 1.38 bits per heavy atom. The van der Waals surface area contributed by atoms with Crippen molar-refractivity contribution in [3.05, 3.63) is 29.8 Å². The zero-order valence-electron chi connectivity index (χ0n) is 9.41. The molecule has 1 aromatic rings. The fourth-order valence-corrected chi connectivity index (χ4v) is 1.70. The van der Waals surface area contributed by atoms with E-state index in [0.717, 1.165) is 11.3 Å². The number of nitrogens with zero attached hydrogens (tertiary/aromatic N) is 1. The number of hydrogen-bond donors (Lipinski definition) is 0. The van der Waals surface area contributed by atoms with Gasteiger partial charge in [0.2, 0.25) is 5.91 Å². The molecule has 0 bridgehead atoms. The number of halogens is 2. The van der Waals surface area contributed by atoms with E-state index in [1.807, 2.05) is 38.1 Å². The summed E-state index contributed by atoms with van der Waals surface area (Å²) in [5.74, 6) is -0.150. The highest BCUT2D eigenvalue weighted by Gasteiger charge is 2.21. The molecule has 0 fully saturated rings. The smallest absolute Gasteiger partial charge is 0.246 e. The van der Waals surface area contributed by atoms with Gasteiger partial charge < -0.3 is 0 Å². The lowest BCUT2D eigenvalue weighted by Gasteiger charge is -2.22. The van der Waals surface area contributed by atoms with E-state index >= 15 is 0 Å². The first-order valence-corrected chi connectivity index (χ1v) is 6.15. The van der Waals surface area contributed by atoms with Gasteiger partial charge in [-0.2, -0.15) is 0 Å². The van der Waals surface area contributed by atoms with Gasteiger partial charge in [-0.15, -0.1) is 23.2 Å². The summed E-state index contributed by atoms with van der Waals surface area (Å²) in [5.41, 5.74) is 1.92. The maximum atomic E-state index is 11.9. The van der Waals surface area contributed by atoms with Crippen molar-refractivity contribution in [3.8, 4) is 0 Å². The number of amides is 1. The summed E-state index contributed by atoms with van der Waals surface area (Å²) >= 11 is 11.7. The van der Waals surface area contributed by atoms with Gasteiger partial charge in [-0.3, -0.25) is 9.69 Å². The molecular formula is C12H15Cl2NO. The molecule has 1 amide bonds. The van der Waals surface area contributed by atoms with Gasteiger partial charge in [0, 0.05) is 5.69 Å². The molecule has 0 aliphatic heterocycles. The van der Waals surface area contributed by atoms with E-state index < -0.39 is 5.38 Å². The zero-order valence-corrected chi connectivity index (χ0v) is 10.9. The normalized spacial score (nSPS) is 12.2. The lowest BCUT2D eigenvalue weighted by Crippen LogP contribution is -2.35. The van der Waals surface area contributed by atoms with Crippen molar-refractivity contribution in [2.45, 2.75) is 25.6 Å². The topological polar surface area (TPSA) is 20.3 Å². The van der Waals surface area contributed by atoms with E-state index in [2.05, 4.69) is 0 Å². The van der Waals surface area contributed by atoms with Gasteiger partial charge in [-0.05, 0) is 25.5 Å². The second-order valence-electron chi connectivity index (χ2n) is 3.60. The Morgan fingerprint density at radius 2 is 1.94 bits per heavy atom. The average molecular weight is 260 g/mol. The fraction of sp³-hybridized carbons (Fsp3) is 0.417. The van der Waals surface area contributed by atoms with E-state index in [-0.39, 0.29) is 11.9 Å². The molecule has 0 N–H and O–H groups in total. The predicted molar refractivity (Wildman–Crippen MR) is 69.3 cm³/mol. The van der Waals surface area contributed by atoms with Gasteiger partial charge in [0.25, 0.3) is 0 Å². The SMILES string of the molecule is CCC(Cl)C(=O)N(CCl)c1ccc(C)cc1. The average Bonchev–Trinajstić information content (AvgIpc) is 2.31. The van der Waals surface area contributed by atoms with Gasteiger partial charge in [-0.25, -0.2) is 0 Å². The van der Waals surface area contributed by atoms with Crippen LogP contribution in [0.15, 0.2) is 24.3 Å². The van der Waals surface area contributed by atoms with Crippen molar-refractivity contribution in [1.29, 1.82) is 0 Å². The number of anilines is 1. The van der Waals surface area contributed by atoms with Gasteiger partial charge in [-0.1, -0.05) is 24.6 Å². The Labute approximate surface area is 106 Å². The molecular weight excluding hydrogens is 245 g/mol.